The highest BCUT2D eigenvalue weighted by Gasteiger charge is 2.40. The van der Waals surface area contributed by atoms with E-state index in [1.54, 1.807) is 0 Å². The van der Waals surface area contributed by atoms with E-state index in [1.165, 1.54) is 0 Å². The van der Waals surface area contributed by atoms with Gasteiger partial charge in [-0.2, -0.15) is 0 Å². The van der Waals surface area contributed by atoms with Crippen molar-refractivity contribution in [2.24, 2.45) is 5.92 Å². The summed E-state index contributed by atoms with van der Waals surface area (Å²) in [5, 5.41) is 25.1. The highest BCUT2D eigenvalue weighted by molar-refractivity contribution is 5.74. The molecular weight excluding hydrogens is 530 g/mol. The first-order valence-electron chi connectivity index (χ1n) is 15.1. The molecule has 0 bridgehead atoms. The number of amides is 2. The van der Waals surface area contributed by atoms with Crippen molar-refractivity contribution in [2.75, 3.05) is 26.2 Å². The zero-order valence-corrected chi connectivity index (χ0v) is 24.5. The van der Waals surface area contributed by atoms with Crippen molar-refractivity contribution < 1.29 is 24.5 Å². The smallest absolute Gasteiger partial charge is 0.315 e. The van der Waals surface area contributed by atoms with Crippen LogP contribution in [0.25, 0.3) is 11.1 Å². The van der Waals surface area contributed by atoms with Crippen LogP contribution < -0.4 is 10.6 Å². The molecule has 2 heterocycles. The number of aliphatic hydroxyl groups excluding tert-OH is 2. The van der Waals surface area contributed by atoms with Crippen LogP contribution in [0.5, 0.6) is 0 Å². The number of carbonyl (C=O) groups is 1. The Morgan fingerprint density at radius 2 is 1.69 bits per heavy atom. The van der Waals surface area contributed by atoms with Crippen molar-refractivity contribution in [2.45, 2.75) is 64.4 Å². The number of hydrogen-bond acceptors (Lipinski definition) is 6. The highest BCUT2D eigenvalue weighted by atomic mass is 16.7. The van der Waals surface area contributed by atoms with Crippen molar-refractivity contribution in [1.29, 1.82) is 0 Å². The third-order valence-electron chi connectivity index (χ3n) is 8.46. The fourth-order valence-corrected chi connectivity index (χ4v) is 6.03. The molecule has 4 N–H and O–H groups in total. The van der Waals surface area contributed by atoms with Gasteiger partial charge in [0.1, 0.15) is 0 Å². The van der Waals surface area contributed by atoms with Crippen molar-refractivity contribution in [3.8, 4) is 11.1 Å². The first-order chi connectivity index (χ1) is 20.5. The zero-order chi connectivity index (χ0) is 29.5. The molecule has 0 aromatic heterocycles. The summed E-state index contributed by atoms with van der Waals surface area (Å²) in [6.07, 6.45) is 1.24. The minimum absolute atomic E-state index is 0.00319. The summed E-state index contributed by atoms with van der Waals surface area (Å²) >= 11 is 0. The average molecular weight is 574 g/mol. The molecule has 5 atom stereocenters. The number of carbonyl (C=O) groups excluding carboxylic acids is 1. The lowest BCUT2D eigenvalue weighted by Crippen LogP contribution is -2.46. The fourth-order valence-electron chi connectivity index (χ4n) is 6.03. The molecule has 8 heteroatoms. The van der Waals surface area contributed by atoms with Gasteiger partial charge in [-0.25, -0.2) is 4.79 Å². The summed E-state index contributed by atoms with van der Waals surface area (Å²) < 4.78 is 13.4. The molecule has 3 aromatic rings. The summed E-state index contributed by atoms with van der Waals surface area (Å²) in [5.74, 6) is 0.0819. The van der Waals surface area contributed by atoms with Gasteiger partial charge >= 0.3 is 6.03 Å². The standard InChI is InChI=1S/C34H43N3O5/c1-3-35-34(40)36-19-25-7-4-8-27(17-25)28-9-5-10-29(18-28)33-41-31(20-37-16-6-11-30(37)22-39)23(2)32(42-33)26-14-12-24(21-38)13-15-26/h4-5,7-10,12-15,17-18,23,30-33,38-39H,3,6,11,16,19-22H2,1-2H3,(H2,35,36,40). The lowest BCUT2D eigenvalue weighted by Gasteiger charge is -2.43. The molecule has 8 nitrogen and oxygen atoms in total. The SMILES string of the molecule is CCNC(=O)NCc1cccc(-c2cccc(C3OC(CN4CCCC4CO)C(C)C(c4ccc(CO)cc4)O3)c2)c1. The van der Waals surface area contributed by atoms with Gasteiger partial charge in [0.2, 0.25) is 0 Å². The molecule has 0 aliphatic carbocycles. The van der Waals surface area contributed by atoms with Gasteiger partial charge in [0.05, 0.1) is 25.4 Å². The molecule has 42 heavy (non-hydrogen) atoms. The molecule has 2 fully saturated rings. The van der Waals surface area contributed by atoms with Gasteiger partial charge < -0.3 is 30.3 Å². The van der Waals surface area contributed by atoms with Crippen LogP contribution in [0.15, 0.2) is 72.8 Å². The van der Waals surface area contributed by atoms with E-state index < -0.39 is 6.29 Å². The Morgan fingerprint density at radius 3 is 2.43 bits per heavy atom. The third-order valence-corrected chi connectivity index (χ3v) is 8.46. The van der Waals surface area contributed by atoms with E-state index >= 15 is 0 Å². The highest BCUT2D eigenvalue weighted by Crippen LogP contribution is 2.42. The van der Waals surface area contributed by atoms with E-state index in [1.807, 2.05) is 55.5 Å². The summed E-state index contributed by atoms with van der Waals surface area (Å²) in [4.78, 5) is 14.2. The lowest BCUT2D eigenvalue weighted by atomic mass is 9.89. The Kier molecular flexibility index (Phi) is 10.3. The van der Waals surface area contributed by atoms with E-state index in [0.29, 0.717) is 13.1 Å². The Bertz CT molecular complexity index is 1320. The van der Waals surface area contributed by atoms with E-state index in [2.05, 4.69) is 46.7 Å². The van der Waals surface area contributed by atoms with E-state index in [4.69, 9.17) is 9.47 Å². The molecule has 5 unspecified atom stereocenters. The zero-order valence-electron chi connectivity index (χ0n) is 24.5. The van der Waals surface area contributed by atoms with Crippen LogP contribution in [0.1, 0.15) is 61.3 Å². The van der Waals surface area contributed by atoms with Crippen molar-refractivity contribution in [3.05, 3.63) is 95.1 Å². The first-order valence-corrected chi connectivity index (χ1v) is 15.1. The normalized spacial score (nSPS) is 24.4. The molecular formula is C34H43N3O5. The van der Waals surface area contributed by atoms with Gasteiger partial charge in [-0.05, 0) is 66.3 Å². The predicted molar refractivity (Wildman–Crippen MR) is 162 cm³/mol. The third kappa shape index (κ3) is 7.19. The van der Waals surface area contributed by atoms with Crippen LogP contribution in [0.4, 0.5) is 4.79 Å². The van der Waals surface area contributed by atoms with Crippen molar-refractivity contribution in [1.82, 2.24) is 15.5 Å². The maximum absolute atomic E-state index is 11.9. The number of urea groups is 1. The van der Waals surface area contributed by atoms with E-state index in [-0.39, 0.29) is 43.4 Å². The second-order valence-corrected chi connectivity index (χ2v) is 11.3. The molecule has 2 saturated heterocycles. The number of aliphatic hydroxyl groups is 2. The van der Waals surface area contributed by atoms with Crippen LogP contribution in [0, 0.1) is 5.92 Å². The van der Waals surface area contributed by atoms with Crippen LogP contribution >= 0.6 is 0 Å². The van der Waals surface area contributed by atoms with Gasteiger partial charge in [0.25, 0.3) is 0 Å². The van der Waals surface area contributed by atoms with Gasteiger partial charge in [-0.1, -0.05) is 67.6 Å². The van der Waals surface area contributed by atoms with Crippen molar-refractivity contribution >= 4 is 6.03 Å². The average Bonchev–Trinajstić information content (AvgIpc) is 3.48. The number of likely N-dealkylation sites (tertiary alicyclic amines) is 1. The predicted octanol–water partition coefficient (Wildman–Crippen LogP) is 4.91. The number of rotatable bonds is 10. The number of benzene rings is 3. The minimum Gasteiger partial charge on any atom is -0.395 e. The second-order valence-electron chi connectivity index (χ2n) is 11.3. The Hall–Kier alpha value is -3.27. The molecule has 0 saturated carbocycles. The minimum atomic E-state index is -0.563. The first kappa shape index (κ1) is 30.2. The monoisotopic (exact) mass is 573 g/mol. The number of ether oxygens (including phenoxy) is 2. The summed E-state index contributed by atoms with van der Waals surface area (Å²) in [7, 11) is 0. The Labute approximate surface area is 248 Å². The summed E-state index contributed by atoms with van der Waals surface area (Å²) in [5.41, 5.74) is 5.96. The second kappa shape index (κ2) is 14.3. The van der Waals surface area contributed by atoms with Crippen LogP contribution in [-0.2, 0) is 22.6 Å². The molecule has 3 aromatic carbocycles. The Balaban J connectivity index is 1.39. The maximum atomic E-state index is 11.9. The van der Waals surface area contributed by atoms with Crippen LogP contribution in [-0.4, -0.2) is 59.5 Å². The molecule has 0 spiro atoms. The quantitative estimate of drug-likeness (QED) is 0.275. The van der Waals surface area contributed by atoms with Crippen LogP contribution in [0.2, 0.25) is 0 Å². The Morgan fingerprint density at radius 1 is 0.929 bits per heavy atom. The molecule has 2 aliphatic rings. The maximum Gasteiger partial charge on any atom is 0.315 e. The lowest BCUT2D eigenvalue weighted by molar-refractivity contribution is -0.276. The van der Waals surface area contributed by atoms with E-state index in [0.717, 1.165) is 59.3 Å². The topological polar surface area (TPSA) is 103 Å². The summed E-state index contributed by atoms with van der Waals surface area (Å²) in [6, 6.07) is 24.4. The van der Waals surface area contributed by atoms with Crippen molar-refractivity contribution in [3.63, 3.8) is 0 Å². The molecule has 2 aliphatic heterocycles. The molecule has 5 rings (SSSR count). The van der Waals surface area contributed by atoms with Gasteiger partial charge in [-0.15, -0.1) is 0 Å². The van der Waals surface area contributed by atoms with Gasteiger partial charge in [-0.3, -0.25) is 4.90 Å². The van der Waals surface area contributed by atoms with Gasteiger partial charge in [0, 0.05) is 37.2 Å². The molecule has 224 valence electrons. The number of hydrogen-bond donors (Lipinski definition) is 4. The number of nitrogens with zero attached hydrogens (tertiary/aromatic N) is 1. The molecule has 0 radical (unpaired) electrons. The number of nitrogens with one attached hydrogen (secondary N) is 2. The summed E-state index contributed by atoms with van der Waals surface area (Å²) in [6.45, 7) is 6.94. The molecule has 2 amide bonds. The van der Waals surface area contributed by atoms with Crippen LogP contribution in [0.3, 0.4) is 0 Å². The van der Waals surface area contributed by atoms with E-state index in [9.17, 15) is 15.0 Å². The van der Waals surface area contributed by atoms with Gasteiger partial charge in [0.15, 0.2) is 6.29 Å². The largest absolute Gasteiger partial charge is 0.395 e. The fraction of sp³-hybridized carbons (Fsp3) is 0.441.